The highest BCUT2D eigenvalue weighted by Gasteiger charge is 2.31. The van der Waals surface area contributed by atoms with Gasteiger partial charge in [0.15, 0.2) is 0 Å². The van der Waals surface area contributed by atoms with Crippen molar-refractivity contribution in [3.63, 3.8) is 0 Å². The first-order chi connectivity index (χ1) is 10.4. The van der Waals surface area contributed by atoms with E-state index < -0.39 is 0 Å². The zero-order valence-corrected chi connectivity index (χ0v) is 16.4. The van der Waals surface area contributed by atoms with Gasteiger partial charge in [-0.2, -0.15) is 11.8 Å². The lowest BCUT2D eigenvalue weighted by Crippen LogP contribution is -2.24. The molecule has 1 aromatic carbocycles. The lowest BCUT2D eigenvalue weighted by Gasteiger charge is -2.33. The molecule has 1 aromatic heterocycles. The Balaban J connectivity index is 0.00000192. The van der Waals surface area contributed by atoms with E-state index in [1.54, 1.807) is 23.5 Å². The molecule has 2 aromatic rings. The van der Waals surface area contributed by atoms with Crippen LogP contribution in [0.15, 0.2) is 29.6 Å². The number of nitrogens with zero attached hydrogens (tertiary/aromatic N) is 2. The van der Waals surface area contributed by atoms with Gasteiger partial charge in [0.05, 0.1) is 15.6 Å². The zero-order chi connectivity index (χ0) is 15.7. The van der Waals surface area contributed by atoms with Crippen molar-refractivity contribution >= 4 is 45.8 Å². The maximum Gasteiger partial charge on any atom is 0.269 e. The van der Waals surface area contributed by atoms with E-state index in [0.717, 1.165) is 17.7 Å². The molecular formula is C16H19BrN2O2S2. The van der Waals surface area contributed by atoms with Crippen LogP contribution in [0.25, 0.3) is 11.3 Å². The van der Waals surface area contributed by atoms with Gasteiger partial charge in [0.25, 0.3) is 5.69 Å². The van der Waals surface area contributed by atoms with Crippen molar-refractivity contribution < 1.29 is 4.92 Å². The SMILES string of the molecule is Br.CC1(C)CC(c2nc(-c3ccc([N+](=O)[O-])cc3)cs2)CCS1. The van der Waals surface area contributed by atoms with Crippen LogP contribution in [-0.4, -0.2) is 20.4 Å². The fourth-order valence-corrected chi connectivity index (χ4v) is 5.04. The molecule has 0 bridgehead atoms. The number of non-ortho nitro benzene ring substituents is 1. The lowest BCUT2D eigenvalue weighted by atomic mass is 9.94. The monoisotopic (exact) mass is 414 g/mol. The quantitative estimate of drug-likeness (QED) is 0.478. The summed E-state index contributed by atoms with van der Waals surface area (Å²) in [4.78, 5) is 15.1. The van der Waals surface area contributed by atoms with Gasteiger partial charge in [-0.05, 0) is 30.7 Å². The summed E-state index contributed by atoms with van der Waals surface area (Å²) in [6.45, 7) is 4.60. The van der Waals surface area contributed by atoms with E-state index in [1.807, 2.05) is 11.8 Å². The molecule has 1 aliphatic rings. The zero-order valence-electron chi connectivity index (χ0n) is 13.0. The van der Waals surface area contributed by atoms with E-state index >= 15 is 0 Å². The highest BCUT2D eigenvalue weighted by atomic mass is 79.9. The third-order valence-corrected chi connectivity index (χ3v) is 6.34. The molecule has 0 amide bonds. The van der Waals surface area contributed by atoms with Crippen molar-refractivity contribution in [3.05, 3.63) is 44.8 Å². The van der Waals surface area contributed by atoms with Crippen LogP contribution in [-0.2, 0) is 0 Å². The molecule has 4 nitrogen and oxygen atoms in total. The van der Waals surface area contributed by atoms with E-state index in [4.69, 9.17) is 4.98 Å². The van der Waals surface area contributed by atoms with Crippen molar-refractivity contribution in [1.29, 1.82) is 0 Å². The summed E-state index contributed by atoms with van der Waals surface area (Å²) >= 11 is 3.75. The third kappa shape index (κ3) is 4.33. The number of thioether (sulfide) groups is 1. The molecule has 1 fully saturated rings. The minimum Gasteiger partial charge on any atom is -0.258 e. The standard InChI is InChI=1S/C16H18N2O2S2.BrH/c1-16(2)9-12(7-8-22-16)15-17-14(10-21-15)11-3-5-13(6-4-11)18(19)20;/h3-6,10,12H,7-9H2,1-2H3;1H. The van der Waals surface area contributed by atoms with Crippen LogP contribution in [0.1, 0.15) is 37.6 Å². The molecule has 1 unspecified atom stereocenters. The summed E-state index contributed by atoms with van der Waals surface area (Å²) in [7, 11) is 0. The number of nitro groups is 1. The molecule has 0 N–H and O–H groups in total. The molecular weight excluding hydrogens is 396 g/mol. The highest BCUT2D eigenvalue weighted by molar-refractivity contribution is 8.93. The van der Waals surface area contributed by atoms with Crippen molar-refractivity contribution in [2.45, 2.75) is 37.4 Å². The van der Waals surface area contributed by atoms with Crippen LogP contribution in [0, 0.1) is 10.1 Å². The van der Waals surface area contributed by atoms with Gasteiger partial charge in [0.1, 0.15) is 0 Å². The molecule has 124 valence electrons. The Bertz CT molecular complexity index is 686. The van der Waals surface area contributed by atoms with Crippen LogP contribution in [0.2, 0.25) is 0 Å². The van der Waals surface area contributed by atoms with Crippen molar-refractivity contribution in [3.8, 4) is 11.3 Å². The van der Waals surface area contributed by atoms with Crippen molar-refractivity contribution in [2.75, 3.05) is 5.75 Å². The van der Waals surface area contributed by atoms with Crippen LogP contribution in [0.3, 0.4) is 0 Å². The van der Waals surface area contributed by atoms with Crippen molar-refractivity contribution in [2.24, 2.45) is 0 Å². The van der Waals surface area contributed by atoms with Gasteiger partial charge < -0.3 is 0 Å². The van der Waals surface area contributed by atoms with Gasteiger partial charge in [0, 0.05) is 33.7 Å². The van der Waals surface area contributed by atoms with Crippen LogP contribution < -0.4 is 0 Å². The lowest BCUT2D eigenvalue weighted by molar-refractivity contribution is -0.384. The van der Waals surface area contributed by atoms with E-state index in [9.17, 15) is 10.1 Å². The Morgan fingerprint density at radius 1 is 1.30 bits per heavy atom. The normalized spacial score (nSPS) is 19.8. The number of halogens is 1. The van der Waals surface area contributed by atoms with E-state index in [2.05, 4.69) is 19.2 Å². The largest absolute Gasteiger partial charge is 0.269 e. The topological polar surface area (TPSA) is 56.0 Å². The second-order valence-corrected chi connectivity index (χ2v) is 8.86. The predicted octanol–water partition coefficient (Wildman–Crippen LogP) is 5.69. The maximum absolute atomic E-state index is 10.7. The van der Waals surface area contributed by atoms with Crippen molar-refractivity contribution in [1.82, 2.24) is 4.98 Å². The van der Waals surface area contributed by atoms with E-state index in [1.165, 1.54) is 29.3 Å². The van der Waals surface area contributed by atoms with Gasteiger partial charge in [-0.3, -0.25) is 10.1 Å². The van der Waals surface area contributed by atoms with Gasteiger partial charge in [-0.15, -0.1) is 28.3 Å². The number of thiazole rings is 1. The fourth-order valence-electron chi connectivity index (χ4n) is 2.80. The summed E-state index contributed by atoms with van der Waals surface area (Å²) in [5, 5.41) is 14.0. The second kappa shape index (κ2) is 7.32. The molecule has 7 heteroatoms. The molecule has 0 spiro atoms. The summed E-state index contributed by atoms with van der Waals surface area (Å²) in [6, 6.07) is 6.62. The third-order valence-electron chi connectivity index (χ3n) is 3.94. The minimum absolute atomic E-state index is 0. The van der Waals surface area contributed by atoms with Gasteiger partial charge >= 0.3 is 0 Å². The Kier molecular flexibility index (Phi) is 5.86. The smallest absolute Gasteiger partial charge is 0.258 e. The van der Waals surface area contributed by atoms with Crippen LogP contribution in [0.4, 0.5) is 5.69 Å². The average Bonchev–Trinajstić information content (AvgIpc) is 2.96. The minimum atomic E-state index is -0.377. The summed E-state index contributed by atoms with van der Waals surface area (Å²) < 4.78 is 0.322. The highest BCUT2D eigenvalue weighted by Crippen LogP contribution is 2.44. The number of aromatic nitrogens is 1. The predicted molar refractivity (Wildman–Crippen MR) is 103 cm³/mol. The first-order valence-corrected chi connectivity index (χ1v) is 9.15. The van der Waals surface area contributed by atoms with E-state index in [-0.39, 0.29) is 27.6 Å². The molecule has 0 radical (unpaired) electrons. The van der Waals surface area contributed by atoms with Crippen LogP contribution >= 0.6 is 40.1 Å². The molecule has 1 saturated heterocycles. The Hall–Kier alpha value is -0.920. The summed E-state index contributed by atoms with van der Waals surface area (Å²) in [6.07, 6.45) is 2.34. The Morgan fingerprint density at radius 2 is 2.00 bits per heavy atom. The second-order valence-electron chi connectivity index (χ2n) is 6.17. The number of benzene rings is 1. The molecule has 0 saturated carbocycles. The first kappa shape index (κ1) is 18.4. The maximum atomic E-state index is 10.7. The fraction of sp³-hybridized carbons (Fsp3) is 0.438. The Labute approximate surface area is 154 Å². The average molecular weight is 415 g/mol. The number of nitro benzene ring substituents is 1. The number of hydrogen-bond donors (Lipinski definition) is 0. The Morgan fingerprint density at radius 3 is 2.61 bits per heavy atom. The molecule has 1 atom stereocenters. The molecule has 2 heterocycles. The van der Waals surface area contributed by atoms with Crippen LogP contribution in [0.5, 0.6) is 0 Å². The van der Waals surface area contributed by atoms with E-state index in [0.29, 0.717) is 10.7 Å². The number of rotatable bonds is 3. The molecule has 3 rings (SSSR count). The summed E-state index contributed by atoms with van der Waals surface area (Å²) in [5.41, 5.74) is 1.98. The van der Waals surface area contributed by atoms with Gasteiger partial charge in [0.2, 0.25) is 0 Å². The van der Waals surface area contributed by atoms with Gasteiger partial charge in [-0.1, -0.05) is 13.8 Å². The molecule has 0 aliphatic carbocycles. The summed E-state index contributed by atoms with van der Waals surface area (Å²) in [5.74, 6) is 1.72. The first-order valence-electron chi connectivity index (χ1n) is 7.29. The van der Waals surface area contributed by atoms with Gasteiger partial charge in [-0.25, -0.2) is 4.98 Å². The molecule has 23 heavy (non-hydrogen) atoms. The molecule has 1 aliphatic heterocycles. The number of hydrogen-bond acceptors (Lipinski definition) is 5.